The molecular formula is C30H32O7S. The highest BCUT2D eigenvalue weighted by atomic mass is 32.2. The molecule has 0 amide bonds. The Morgan fingerprint density at radius 1 is 0.789 bits per heavy atom. The predicted octanol–water partition coefficient (Wildman–Crippen LogP) is 4.12. The van der Waals surface area contributed by atoms with Gasteiger partial charge in [-0.2, -0.15) is 0 Å². The van der Waals surface area contributed by atoms with Crippen LogP contribution in [-0.4, -0.2) is 59.4 Å². The Morgan fingerprint density at radius 3 is 1.71 bits per heavy atom. The van der Waals surface area contributed by atoms with Gasteiger partial charge in [-0.05, 0) is 16.7 Å². The first-order valence-electron chi connectivity index (χ1n) is 12.7. The molecule has 3 aromatic rings. The second-order valence-electron chi connectivity index (χ2n) is 9.38. The highest BCUT2D eigenvalue weighted by Crippen LogP contribution is 2.45. The van der Waals surface area contributed by atoms with Crippen LogP contribution in [0.25, 0.3) is 0 Å². The van der Waals surface area contributed by atoms with Gasteiger partial charge in [0, 0.05) is 5.75 Å². The fraction of sp³-hybridized carbons (Fsp3) is 0.367. The van der Waals surface area contributed by atoms with Crippen molar-refractivity contribution in [1.82, 2.24) is 0 Å². The Bertz CT molecular complexity index is 1160. The van der Waals surface area contributed by atoms with Gasteiger partial charge >= 0.3 is 5.97 Å². The Labute approximate surface area is 227 Å². The average molecular weight is 537 g/mol. The molecule has 2 bridgehead atoms. The normalized spacial score (nSPS) is 28.5. The number of methoxy groups -OCH3 is 1. The lowest BCUT2D eigenvalue weighted by Crippen LogP contribution is -2.70. The number of carbonyl (C=O) groups is 1. The molecule has 0 aliphatic carbocycles. The predicted molar refractivity (Wildman–Crippen MR) is 143 cm³/mol. The van der Waals surface area contributed by atoms with Crippen molar-refractivity contribution in [3.8, 4) is 0 Å². The first kappa shape index (κ1) is 26.9. The molecule has 0 aromatic heterocycles. The smallest absolute Gasteiger partial charge is 0.351 e. The van der Waals surface area contributed by atoms with E-state index in [1.54, 1.807) is 0 Å². The maximum Gasteiger partial charge on any atom is 0.351 e. The highest BCUT2D eigenvalue weighted by molar-refractivity contribution is 8.01. The molecule has 2 heterocycles. The minimum Gasteiger partial charge on any atom is -0.466 e. The Hall–Kier alpha value is -2.72. The van der Waals surface area contributed by atoms with Gasteiger partial charge in [0.2, 0.25) is 4.93 Å². The fourth-order valence-corrected chi connectivity index (χ4v) is 6.09. The number of hydrogen-bond acceptors (Lipinski definition) is 8. The molecule has 8 heteroatoms. The summed E-state index contributed by atoms with van der Waals surface area (Å²) in [5.41, 5.74) is 2.96. The number of ether oxygens (including phenoxy) is 5. The first-order chi connectivity index (χ1) is 18.6. The summed E-state index contributed by atoms with van der Waals surface area (Å²) in [5, 5.41) is 11.5. The zero-order valence-electron chi connectivity index (χ0n) is 21.2. The molecule has 2 saturated heterocycles. The molecule has 0 saturated carbocycles. The lowest BCUT2D eigenvalue weighted by atomic mass is 9.90. The van der Waals surface area contributed by atoms with Crippen LogP contribution in [0.15, 0.2) is 91.0 Å². The van der Waals surface area contributed by atoms with Crippen molar-refractivity contribution in [3.05, 3.63) is 108 Å². The van der Waals surface area contributed by atoms with Crippen LogP contribution in [0.2, 0.25) is 0 Å². The van der Waals surface area contributed by atoms with E-state index in [1.165, 1.54) is 7.11 Å². The van der Waals surface area contributed by atoms with E-state index >= 15 is 0 Å². The molecule has 0 unspecified atom stereocenters. The van der Waals surface area contributed by atoms with Crippen LogP contribution in [0, 0.1) is 0 Å². The third kappa shape index (κ3) is 5.96. The van der Waals surface area contributed by atoms with Crippen LogP contribution >= 0.6 is 11.8 Å². The second kappa shape index (κ2) is 12.4. The van der Waals surface area contributed by atoms with E-state index in [1.807, 2.05) is 91.0 Å². The van der Waals surface area contributed by atoms with E-state index in [-0.39, 0.29) is 6.61 Å². The molecule has 2 aliphatic rings. The van der Waals surface area contributed by atoms with Crippen molar-refractivity contribution in [2.45, 2.75) is 55.3 Å². The number of aliphatic hydroxyl groups is 1. The highest BCUT2D eigenvalue weighted by Gasteiger charge is 2.62. The van der Waals surface area contributed by atoms with Gasteiger partial charge in [-0.25, -0.2) is 4.79 Å². The summed E-state index contributed by atoms with van der Waals surface area (Å²) in [6.45, 7) is 0.915. The first-order valence-corrected chi connectivity index (χ1v) is 13.6. The topological polar surface area (TPSA) is 83.5 Å². The monoisotopic (exact) mass is 536 g/mol. The van der Waals surface area contributed by atoms with Crippen LogP contribution in [0.4, 0.5) is 0 Å². The summed E-state index contributed by atoms with van der Waals surface area (Å²) in [7, 11) is 1.25. The average Bonchev–Trinajstić information content (AvgIpc) is 2.97. The molecule has 1 N–H and O–H groups in total. The number of thioether (sulfide) groups is 1. The van der Waals surface area contributed by atoms with Crippen molar-refractivity contribution < 1.29 is 33.6 Å². The number of carbonyl (C=O) groups excluding carboxylic acids is 1. The number of hydrogen-bond donors (Lipinski definition) is 1. The van der Waals surface area contributed by atoms with E-state index in [0.717, 1.165) is 28.5 Å². The summed E-state index contributed by atoms with van der Waals surface area (Å²) < 4.78 is 30.7. The van der Waals surface area contributed by atoms with Gasteiger partial charge in [0.05, 0.1) is 33.0 Å². The van der Waals surface area contributed by atoms with Crippen molar-refractivity contribution >= 4 is 17.7 Å². The molecule has 200 valence electrons. The molecule has 0 radical (unpaired) electrons. The summed E-state index contributed by atoms with van der Waals surface area (Å²) in [5.74, 6) is -0.442. The van der Waals surface area contributed by atoms with E-state index < -0.39 is 41.4 Å². The lowest BCUT2D eigenvalue weighted by molar-refractivity contribution is -0.283. The quantitative estimate of drug-likeness (QED) is 0.388. The minimum absolute atomic E-state index is 0.245. The van der Waals surface area contributed by atoms with Crippen molar-refractivity contribution in [2.75, 3.05) is 12.9 Å². The lowest BCUT2D eigenvalue weighted by Gasteiger charge is -2.52. The van der Waals surface area contributed by atoms with Gasteiger partial charge < -0.3 is 28.8 Å². The Balaban J connectivity index is 1.46. The molecule has 38 heavy (non-hydrogen) atoms. The zero-order valence-corrected chi connectivity index (χ0v) is 22.0. The van der Waals surface area contributed by atoms with Crippen LogP contribution < -0.4 is 0 Å². The van der Waals surface area contributed by atoms with E-state index in [9.17, 15) is 9.90 Å². The van der Waals surface area contributed by atoms with E-state index in [0.29, 0.717) is 19.0 Å². The van der Waals surface area contributed by atoms with Gasteiger partial charge in [0.15, 0.2) is 0 Å². The molecule has 6 atom stereocenters. The molecule has 0 spiro atoms. The number of fused-ring (bicyclic) bond motifs is 2. The molecule has 2 fully saturated rings. The maximum absolute atomic E-state index is 12.8. The van der Waals surface area contributed by atoms with Gasteiger partial charge in [0.25, 0.3) is 0 Å². The van der Waals surface area contributed by atoms with Crippen molar-refractivity contribution in [1.29, 1.82) is 0 Å². The fourth-order valence-electron chi connectivity index (χ4n) is 4.85. The van der Waals surface area contributed by atoms with Gasteiger partial charge in [-0.3, -0.25) is 0 Å². The summed E-state index contributed by atoms with van der Waals surface area (Å²) in [4.78, 5) is 10.8. The van der Waals surface area contributed by atoms with Gasteiger partial charge in [0.1, 0.15) is 24.4 Å². The minimum atomic E-state index is -1.94. The summed E-state index contributed by atoms with van der Waals surface area (Å²) in [6.07, 6.45) is -3.36. The molecule has 3 aromatic carbocycles. The van der Waals surface area contributed by atoms with Gasteiger partial charge in [-0.15, -0.1) is 11.8 Å². The Morgan fingerprint density at radius 2 is 1.24 bits per heavy atom. The SMILES string of the molecule is COC(=O)[C@]1(O)SC[C@H]2O[C@@H]1[C@H](OCc1ccccc1)[C@@H](OCc1ccccc1)[C@@H]2OCc1ccccc1. The third-order valence-corrected chi connectivity index (χ3v) is 8.16. The van der Waals surface area contributed by atoms with Crippen LogP contribution in [-0.2, 0) is 48.3 Å². The number of rotatable bonds is 10. The van der Waals surface area contributed by atoms with Crippen molar-refractivity contribution in [3.63, 3.8) is 0 Å². The maximum atomic E-state index is 12.8. The van der Waals surface area contributed by atoms with E-state index in [4.69, 9.17) is 23.7 Å². The second-order valence-corrected chi connectivity index (χ2v) is 10.6. The van der Waals surface area contributed by atoms with Crippen LogP contribution in [0.3, 0.4) is 0 Å². The number of esters is 1. The molecule has 7 nitrogen and oxygen atoms in total. The standard InChI is InChI=1S/C30H32O7S/c1-33-29(31)30(32)28-27(36-19-23-15-9-4-10-16-23)26(35-18-22-13-7-3-8-14-22)25(24(37-28)20-38-30)34-17-21-11-5-2-6-12-21/h2-16,24-28,32H,17-20H2,1H3/t24-,25-,26+,27-,28-,30-/m1/s1. The third-order valence-electron chi connectivity index (χ3n) is 6.82. The zero-order chi connectivity index (χ0) is 26.4. The van der Waals surface area contributed by atoms with Crippen LogP contribution in [0.5, 0.6) is 0 Å². The summed E-state index contributed by atoms with van der Waals surface area (Å²) >= 11 is 1.10. The molecule has 5 rings (SSSR count). The van der Waals surface area contributed by atoms with E-state index in [2.05, 4.69) is 0 Å². The molecular weight excluding hydrogens is 504 g/mol. The van der Waals surface area contributed by atoms with Crippen molar-refractivity contribution in [2.24, 2.45) is 0 Å². The largest absolute Gasteiger partial charge is 0.466 e. The molecule has 2 aliphatic heterocycles. The number of benzene rings is 3. The Kier molecular flexibility index (Phi) is 8.79. The van der Waals surface area contributed by atoms with Gasteiger partial charge in [-0.1, -0.05) is 91.0 Å². The van der Waals surface area contributed by atoms with Crippen LogP contribution in [0.1, 0.15) is 16.7 Å². The summed E-state index contributed by atoms with van der Waals surface area (Å²) in [6, 6.07) is 29.4.